The Hall–Kier alpha value is -0.210. The van der Waals surface area contributed by atoms with Crippen molar-refractivity contribution in [1.29, 1.82) is 0 Å². The summed E-state index contributed by atoms with van der Waals surface area (Å²) in [5, 5.41) is 0. The molecule has 1 radical (unpaired) electrons. The Morgan fingerprint density at radius 1 is 1.38 bits per heavy atom. The zero-order chi connectivity index (χ0) is 6.57. The summed E-state index contributed by atoms with van der Waals surface area (Å²) >= 11 is 0. The van der Waals surface area contributed by atoms with Crippen LogP contribution in [0.1, 0.15) is 6.42 Å². The first-order chi connectivity index (χ1) is 3.66. The molecule has 0 amide bonds. The van der Waals surface area contributed by atoms with E-state index in [1.807, 2.05) is 0 Å². The van der Waals surface area contributed by atoms with Crippen molar-refractivity contribution in [2.24, 2.45) is 0 Å². The molecule has 0 rings (SSSR count). The summed E-state index contributed by atoms with van der Waals surface area (Å²) in [6.07, 6.45) is -3.60. The highest BCUT2D eigenvalue weighted by Crippen LogP contribution is 2.04. The number of hydrogen-bond acceptors (Lipinski definition) is 0. The van der Waals surface area contributed by atoms with E-state index in [0.717, 1.165) is 0 Å². The minimum Gasteiger partial charge on any atom is -0.248 e. The maximum absolute atomic E-state index is 11.7. The van der Waals surface area contributed by atoms with Gasteiger partial charge >= 0.3 is 0 Å². The highest BCUT2D eigenvalue weighted by Gasteiger charge is 2.09. The van der Waals surface area contributed by atoms with Crippen LogP contribution in [0.15, 0.2) is 0 Å². The molecule has 0 nitrogen and oxygen atoms in total. The van der Waals surface area contributed by atoms with Gasteiger partial charge in [0.1, 0.15) is 19.0 Å². The van der Waals surface area contributed by atoms with E-state index < -0.39 is 25.4 Å². The molecule has 8 heavy (non-hydrogen) atoms. The molecule has 2 atom stereocenters. The van der Waals surface area contributed by atoms with Gasteiger partial charge in [0, 0.05) is 6.42 Å². The van der Waals surface area contributed by atoms with E-state index in [9.17, 15) is 13.2 Å². The number of hydrogen-bond donors (Lipinski definition) is 0. The molecule has 0 fully saturated rings. The fourth-order valence-electron chi connectivity index (χ4n) is 0.341. The molecule has 0 heterocycles. The third-order valence-corrected chi connectivity index (χ3v) is 0.679. The van der Waals surface area contributed by atoms with Crippen molar-refractivity contribution in [2.75, 3.05) is 6.67 Å². The molecule has 49 valence electrons. The molecule has 0 aliphatic carbocycles. The lowest BCUT2D eigenvalue weighted by Crippen LogP contribution is -2.08. The van der Waals surface area contributed by atoms with Gasteiger partial charge in [-0.25, -0.2) is 13.2 Å². The molecule has 0 N–H and O–H groups in total. The number of rotatable bonds is 3. The summed E-state index contributed by atoms with van der Waals surface area (Å²) in [6, 6.07) is 0. The summed E-state index contributed by atoms with van der Waals surface area (Å²) in [4.78, 5) is 0. The van der Waals surface area contributed by atoms with Crippen molar-refractivity contribution in [1.82, 2.24) is 0 Å². The van der Waals surface area contributed by atoms with E-state index in [1.54, 1.807) is 0 Å². The highest BCUT2D eigenvalue weighted by molar-refractivity contribution is 4.63. The molecule has 0 aromatic rings. The van der Waals surface area contributed by atoms with Crippen molar-refractivity contribution < 1.29 is 13.2 Å². The van der Waals surface area contributed by atoms with Crippen molar-refractivity contribution in [3.63, 3.8) is 0 Å². The second-order valence-electron chi connectivity index (χ2n) is 1.58. The zero-order valence-corrected chi connectivity index (χ0v) is 4.41. The third-order valence-electron chi connectivity index (χ3n) is 0.679. The molecule has 0 aromatic heterocycles. The Bertz CT molecular complexity index is 53.6. The molecule has 0 saturated heterocycles. The predicted molar refractivity (Wildman–Crippen MR) is 25.7 cm³/mol. The van der Waals surface area contributed by atoms with E-state index in [-0.39, 0.29) is 0 Å². The van der Waals surface area contributed by atoms with Gasteiger partial charge in [0.15, 0.2) is 0 Å². The molecular weight excluding hydrogens is 117 g/mol. The summed E-state index contributed by atoms with van der Waals surface area (Å²) in [5.74, 6) is 0. The molecule has 2 unspecified atom stereocenters. The monoisotopic (exact) mass is 125 g/mol. The van der Waals surface area contributed by atoms with Crippen molar-refractivity contribution >= 4 is 0 Å². The van der Waals surface area contributed by atoms with Crippen LogP contribution in [0.4, 0.5) is 13.2 Å². The standard InChI is InChI=1S/C5H8F3/c1-4(7)2-5(8)3-6/h4-5H,1-3H2. The van der Waals surface area contributed by atoms with Crippen LogP contribution in [0.25, 0.3) is 0 Å². The number of alkyl halides is 3. The van der Waals surface area contributed by atoms with Gasteiger partial charge in [-0.05, 0) is 6.92 Å². The fourth-order valence-corrected chi connectivity index (χ4v) is 0.341. The summed E-state index contributed by atoms with van der Waals surface area (Å²) in [5.41, 5.74) is 0. The Kier molecular flexibility index (Phi) is 3.65. The van der Waals surface area contributed by atoms with Gasteiger partial charge in [-0.2, -0.15) is 0 Å². The first kappa shape index (κ1) is 7.79. The van der Waals surface area contributed by atoms with E-state index in [0.29, 0.717) is 0 Å². The topological polar surface area (TPSA) is 0 Å². The minimum atomic E-state index is -1.68. The molecule has 0 aliphatic rings. The second kappa shape index (κ2) is 3.75. The van der Waals surface area contributed by atoms with Crippen LogP contribution in [-0.2, 0) is 0 Å². The first-order valence-electron chi connectivity index (χ1n) is 2.34. The van der Waals surface area contributed by atoms with Gasteiger partial charge in [0.05, 0.1) is 0 Å². The van der Waals surface area contributed by atoms with Crippen LogP contribution in [0.5, 0.6) is 0 Å². The minimum absolute atomic E-state index is 0.434. The fraction of sp³-hybridized carbons (Fsp3) is 0.800. The van der Waals surface area contributed by atoms with Crippen molar-refractivity contribution in [2.45, 2.75) is 18.8 Å². The maximum atomic E-state index is 11.7. The zero-order valence-electron chi connectivity index (χ0n) is 4.41. The molecule has 0 spiro atoms. The normalized spacial score (nSPS) is 18.0. The van der Waals surface area contributed by atoms with Gasteiger partial charge in [0.25, 0.3) is 0 Å². The average Bonchev–Trinajstić information content (AvgIpc) is 1.65. The van der Waals surface area contributed by atoms with Crippen LogP contribution in [0, 0.1) is 6.92 Å². The van der Waals surface area contributed by atoms with Crippen LogP contribution >= 0.6 is 0 Å². The van der Waals surface area contributed by atoms with E-state index >= 15 is 0 Å². The Labute approximate surface area is 46.7 Å². The van der Waals surface area contributed by atoms with Gasteiger partial charge in [0.2, 0.25) is 0 Å². The van der Waals surface area contributed by atoms with E-state index in [1.165, 1.54) is 0 Å². The quantitative estimate of drug-likeness (QED) is 0.540. The van der Waals surface area contributed by atoms with Crippen LogP contribution in [0.3, 0.4) is 0 Å². The third kappa shape index (κ3) is 3.96. The van der Waals surface area contributed by atoms with E-state index in [2.05, 4.69) is 6.92 Å². The lowest BCUT2D eigenvalue weighted by atomic mass is 10.2. The first-order valence-corrected chi connectivity index (χ1v) is 2.34. The maximum Gasteiger partial charge on any atom is 0.131 e. The molecule has 0 bridgehead atoms. The Morgan fingerprint density at radius 3 is 2.00 bits per heavy atom. The van der Waals surface area contributed by atoms with Gasteiger partial charge in [-0.15, -0.1) is 0 Å². The number of halogens is 3. The SMILES string of the molecule is [CH2]C(F)CC(F)CF. The Balaban J connectivity index is 3.10. The Morgan fingerprint density at radius 2 is 1.88 bits per heavy atom. The van der Waals surface area contributed by atoms with E-state index in [4.69, 9.17) is 0 Å². The van der Waals surface area contributed by atoms with Gasteiger partial charge < -0.3 is 0 Å². The van der Waals surface area contributed by atoms with Gasteiger partial charge in [-0.1, -0.05) is 0 Å². The summed E-state index contributed by atoms with van der Waals surface area (Å²) in [7, 11) is 0. The van der Waals surface area contributed by atoms with Crippen LogP contribution in [-0.4, -0.2) is 19.0 Å². The predicted octanol–water partition coefficient (Wildman–Crippen LogP) is 1.86. The molecule has 0 aliphatic heterocycles. The summed E-state index contributed by atoms with van der Waals surface area (Å²) < 4.78 is 34.5. The van der Waals surface area contributed by atoms with Crippen molar-refractivity contribution in [3.05, 3.63) is 6.92 Å². The van der Waals surface area contributed by atoms with Crippen LogP contribution < -0.4 is 0 Å². The van der Waals surface area contributed by atoms with Gasteiger partial charge in [-0.3, -0.25) is 0 Å². The molecular formula is C5H8F3. The van der Waals surface area contributed by atoms with Crippen molar-refractivity contribution in [3.8, 4) is 0 Å². The smallest absolute Gasteiger partial charge is 0.131 e. The molecule has 3 heteroatoms. The molecule has 0 saturated carbocycles. The van der Waals surface area contributed by atoms with Crippen LogP contribution in [0.2, 0.25) is 0 Å². The summed E-state index contributed by atoms with van der Waals surface area (Å²) in [6.45, 7) is 1.74. The second-order valence-corrected chi connectivity index (χ2v) is 1.58. The average molecular weight is 125 g/mol. The lowest BCUT2D eigenvalue weighted by molar-refractivity contribution is 0.206. The highest BCUT2D eigenvalue weighted by atomic mass is 19.2. The molecule has 0 aromatic carbocycles. The lowest BCUT2D eigenvalue weighted by Gasteiger charge is -2.01. The largest absolute Gasteiger partial charge is 0.248 e.